The third-order valence-corrected chi connectivity index (χ3v) is 3.07. The van der Waals surface area contributed by atoms with E-state index in [4.69, 9.17) is 14.9 Å². The Balaban J connectivity index is 1.90. The lowest BCUT2D eigenvalue weighted by Crippen LogP contribution is -2.05. The average Bonchev–Trinajstić information content (AvgIpc) is 2.55. The van der Waals surface area contributed by atoms with E-state index in [0.29, 0.717) is 24.0 Å². The molecule has 5 nitrogen and oxygen atoms in total. The number of ether oxygens (including phenoxy) is 1. The number of benzene rings is 2. The molecule has 0 fully saturated rings. The van der Waals surface area contributed by atoms with Crippen molar-refractivity contribution in [2.24, 2.45) is 0 Å². The van der Waals surface area contributed by atoms with Gasteiger partial charge in [0.15, 0.2) is 5.78 Å². The van der Waals surface area contributed by atoms with Crippen LogP contribution in [0.4, 0.5) is 0 Å². The minimum absolute atomic E-state index is 0.0102. The Kier molecular flexibility index (Phi) is 5.52. The minimum Gasteiger partial charge on any atom is -0.502 e. The number of rotatable bonds is 7. The molecule has 0 spiro atoms. The molecule has 118 valence electrons. The van der Waals surface area contributed by atoms with Crippen LogP contribution in [-0.4, -0.2) is 22.0 Å². The second kappa shape index (κ2) is 7.79. The summed E-state index contributed by atoms with van der Waals surface area (Å²) >= 11 is 0. The van der Waals surface area contributed by atoms with Crippen molar-refractivity contribution in [1.82, 2.24) is 0 Å². The molecule has 2 aromatic carbocycles. The molecule has 0 heterocycles. The molecular formula is C18H16O5. The predicted molar refractivity (Wildman–Crippen MR) is 84.3 cm³/mol. The number of aliphatic hydroxyl groups is 1. The third kappa shape index (κ3) is 5.32. The number of aliphatic carboxylic acids is 1. The van der Waals surface area contributed by atoms with Gasteiger partial charge < -0.3 is 14.9 Å². The number of hydrogen-bond acceptors (Lipinski definition) is 4. The zero-order valence-electron chi connectivity index (χ0n) is 12.3. The standard InChI is InChI=1S/C18H16O5/c19-15(11-17(20)18(21)22)10-13-6-8-16(9-7-13)23-12-14-4-2-1-3-5-14/h1-9,11,20H,10,12H2,(H,21,22). The number of carbonyl (C=O) groups is 2. The molecule has 0 atom stereocenters. The molecule has 0 amide bonds. The summed E-state index contributed by atoms with van der Waals surface area (Å²) in [5.74, 6) is -2.29. The van der Waals surface area contributed by atoms with E-state index in [9.17, 15) is 9.59 Å². The van der Waals surface area contributed by atoms with E-state index >= 15 is 0 Å². The van der Waals surface area contributed by atoms with Gasteiger partial charge in [-0.2, -0.15) is 0 Å². The van der Waals surface area contributed by atoms with Crippen LogP contribution in [0.3, 0.4) is 0 Å². The number of aliphatic hydroxyl groups excluding tert-OH is 1. The molecule has 0 aliphatic heterocycles. The van der Waals surface area contributed by atoms with Crippen molar-refractivity contribution >= 4 is 11.8 Å². The van der Waals surface area contributed by atoms with Crippen molar-refractivity contribution in [3.63, 3.8) is 0 Å². The molecule has 23 heavy (non-hydrogen) atoms. The van der Waals surface area contributed by atoms with Crippen LogP contribution in [-0.2, 0) is 22.6 Å². The summed E-state index contributed by atoms with van der Waals surface area (Å²) in [5, 5.41) is 17.5. The van der Waals surface area contributed by atoms with Gasteiger partial charge in [-0.3, -0.25) is 4.79 Å². The Labute approximate surface area is 133 Å². The molecule has 0 aliphatic rings. The first-order valence-electron chi connectivity index (χ1n) is 6.97. The maximum atomic E-state index is 11.6. The highest BCUT2D eigenvalue weighted by atomic mass is 16.5. The Morgan fingerprint density at radius 3 is 2.17 bits per heavy atom. The van der Waals surface area contributed by atoms with Gasteiger partial charge >= 0.3 is 5.97 Å². The Hall–Kier alpha value is -3.08. The Morgan fingerprint density at radius 1 is 0.913 bits per heavy atom. The summed E-state index contributed by atoms with van der Waals surface area (Å²) in [5.41, 5.74) is 1.76. The number of carbonyl (C=O) groups excluding carboxylic acids is 1. The fourth-order valence-electron chi connectivity index (χ4n) is 1.91. The molecule has 0 bridgehead atoms. The van der Waals surface area contributed by atoms with Crippen molar-refractivity contribution in [2.45, 2.75) is 13.0 Å². The maximum absolute atomic E-state index is 11.6. The fourth-order valence-corrected chi connectivity index (χ4v) is 1.91. The lowest BCUT2D eigenvalue weighted by atomic mass is 10.1. The lowest BCUT2D eigenvalue weighted by Gasteiger charge is -2.07. The first kappa shape index (κ1) is 16.3. The van der Waals surface area contributed by atoms with Crippen LogP contribution >= 0.6 is 0 Å². The van der Waals surface area contributed by atoms with Gasteiger partial charge in [-0.05, 0) is 23.3 Å². The molecule has 0 saturated carbocycles. The van der Waals surface area contributed by atoms with Crippen LogP contribution < -0.4 is 4.74 Å². The van der Waals surface area contributed by atoms with E-state index in [0.717, 1.165) is 5.56 Å². The molecule has 0 unspecified atom stereocenters. The topological polar surface area (TPSA) is 83.8 Å². The summed E-state index contributed by atoms with van der Waals surface area (Å²) in [6, 6.07) is 16.7. The summed E-state index contributed by atoms with van der Waals surface area (Å²) in [6.07, 6.45) is 0.721. The Bertz CT molecular complexity index is 702. The molecule has 0 saturated heterocycles. The van der Waals surface area contributed by atoms with Crippen molar-refractivity contribution < 1.29 is 24.5 Å². The highest BCUT2D eigenvalue weighted by molar-refractivity contribution is 5.98. The summed E-state index contributed by atoms with van der Waals surface area (Å²) < 4.78 is 5.63. The summed E-state index contributed by atoms with van der Waals surface area (Å²) in [6.45, 7) is 0.453. The van der Waals surface area contributed by atoms with Crippen LogP contribution in [0, 0.1) is 0 Å². The van der Waals surface area contributed by atoms with Crippen molar-refractivity contribution in [1.29, 1.82) is 0 Å². The van der Waals surface area contributed by atoms with Gasteiger partial charge in [-0.25, -0.2) is 4.79 Å². The van der Waals surface area contributed by atoms with Crippen molar-refractivity contribution in [2.75, 3.05) is 0 Å². The summed E-state index contributed by atoms with van der Waals surface area (Å²) in [7, 11) is 0. The second-order valence-electron chi connectivity index (χ2n) is 4.90. The van der Waals surface area contributed by atoms with Crippen LogP contribution in [0.5, 0.6) is 5.75 Å². The highest BCUT2D eigenvalue weighted by Crippen LogP contribution is 2.15. The van der Waals surface area contributed by atoms with Crippen molar-refractivity contribution in [3.8, 4) is 5.75 Å². The molecule has 2 rings (SSSR count). The van der Waals surface area contributed by atoms with E-state index in [1.165, 1.54) is 0 Å². The van der Waals surface area contributed by atoms with Crippen LogP contribution in [0.1, 0.15) is 11.1 Å². The second-order valence-corrected chi connectivity index (χ2v) is 4.90. The van der Waals surface area contributed by atoms with E-state index in [-0.39, 0.29) is 6.42 Å². The van der Waals surface area contributed by atoms with Crippen LogP contribution in [0.2, 0.25) is 0 Å². The number of carboxylic acids is 1. The van der Waals surface area contributed by atoms with E-state index < -0.39 is 17.5 Å². The van der Waals surface area contributed by atoms with Gasteiger partial charge in [0.2, 0.25) is 5.76 Å². The number of allylic oxidation sites excluding steroid dienone is 1. The van der Waals surface area contributed by atoms with E-state index in [1.807, 2.05) is 30.3 Å². The largest absolute Gasteiger partial charge is 0.502 e. The number of ketones is 1. The van der Waals surface area contributed by atoms with E-state index in [1.54, 1.807) is 24.3 Å². The number of hydrogen-bond donors (Lipinski definition) is 2. The zero-order chi connectivity index (χ0) is 16.7. The smallest absolute Gasteiger partial charge is 0.371 e. The molecule has 2 N–H and O–H groups in total. The maximum Gasteiger partial charge on any atom is 0.371 e. The first-order valence-corrected chi connectivity index (χ1v) is 6.97. The lowest BCUT2D eigenvalue weighted by molar-refractivity contribution is -0.135. The molecule has 0 radical (unpaired) electrons. The van der Waals surface area contributed by atoms with Crippen molar-refractivity contribution in [3.05, 3.63) is 77.6 Å². The fraction of sp³-hybridized carbons (Fsp3) is 0.111. The number of carboxylic acid groups (broad SMARTS) is 1. The van der Waals surface area contributed by atoms with E-state index in [2.05, 4.69) is 0 Å². The first-order chi connectivity index (χ1) is 11.0. The molecule has 0 aromatic heterocycles. The molecular weight excluding hydrogens is 296 g/mol. The minimum atomic E-state index is -1.52. The normalized spacial score (nSPS) is 11.0. The SMILES string of the molecule is O=C(C=C(O)C(=O)O)Cc1ccc(OCc2ccccc2)cc1. The monoisotopic (exact) mass is 312 g/mol. The predicted octanol–water partition coefficient (Wildman–Crippen LogP) is 2.90. The highest BCUT2D eigenvalue weighted by Gasteiger charge is 2.08. The molecule has 0 aliphatic carbocycles. The zero-order valence-corrected chi connectivity index (χ0v) is 12.3. The van der Waals surface area contributed by atoms with Crippen LogP contribution in [0.15, 0.2) is 66.4 Å². The summed E-state index contributed by atoms with van der Waals surface area (Å²) in [4.78, 5) is 22.0. The van der Waals surface area contributed by atoms with Gasteiger partial charge in [0, 0.05) is 12.5 Å². The van der Waals surface area contributed by atoms with Crippen LogP contribution in [0.25, 0.3) is 0 Å². The van der Waals surface area contributed by atoms with Gasteiger partial charge in [0.1, 0.15) is 12.4 Å². The average molecular weight is 312 g/mol. The van der Waals surface area contributed by atoms with Gasteiger partial charge in [0.05, 0.1) is 0 Å². The molecule has 5 heteroatoms. The molecule has 2 aromatic rings. The van der Waals surface area contributed by atoms with Gasteiger partial charge in [-0.15, -0.1) is 0 Å². The van der Waals surface area contributed by atoms with Gasteiger partial charge in [-0.1, -0.05) is 42.5 Å². The third-order valence-electron chi connectivity index (χ3n) is 3.07. The Morgan fingerprint density at radius 2 is 1.57 bits per heavy atom. The van der Waals surface area contributed by atoms with Gasteiger partial charge in [0.25, 0.3) is 0 Å². The quantitative estimate of drug-likeness (QED) is 0.606.